The van der Waals surface area contributed by atoms with Gasteiger partial charge < -0.3 is 15.5 Å². The number of likely N-dealkylation sites (tertiary alicyclic amines) is 1. The van der Waals surface area contributed by atoms with E-state index in [4.69, 9.17) is 0 Å². The van der Waals surface area contributed by atoms with E-state index in [1.165, 1.54) is 25.0 Å². The normalized spacial score (nSPS) is 20.2. The van der Waals surface area contributed by atoms with Crippen molar-refractivity contribution < 1.29 is 8.78 Å². The number of nitrogens with one attached hydrogen (secondary N) is 2. The van der Waals surface area contributed by atoms with E-state index >= 15 is 0 Å². The topological polar surface area (TPSA) is 39.7 Å². The molecule has 0 atom stereocenters. The highest BCUT2D eigenvalue weighted by molar-refractivity contribution is 5.79. The summed E-state index contributed by atoms with van der Waals surface area (Å²) in [5, 5.41) is 6.67. The van der Waals surface area contributed by atoms with E-state index in [2.05, 4.69) is 20.5 Å². The highest BCUT2D eigenvalue weighted by atomic mass is 19.1. The van der Waals surface area contributed by atoms with Crippen LogP contribution in [-0.2, 0) is 6.42 Å². The minimum absolute atomic E-state index is 0.439. The van der Waals surface area contributed by atoms with Gasteiger partial charge in [0.15, 0.2) is 5.96 Å². The van der Waals surface area contributed by atoms with Gasteiger partial charge in [0.1, 0.15) is 11.6 Å². The van der Waals surface area contributed by atoms with Crippen molar-refractivity contribution in [3.63, 3.8) is 0 Å². The summed E-state index contributed by atoms with van der Waals surface area (Å²) in [6.45, 7) is 2.86. The van der Waals surface area contributed by atoms with E-state index in [9.17, 15) is 8.78 Å². The van der Waals surface area contributed by atoms with Crippen molar-refractivity contribution in [1.29, 1.82) is 0 Å². The number of benzene rings is 1. The molecule has 1 aromatic rings. The number of aliphatic imine (C=N–C) groups is 1. The summed E-state index contributed by atoms with van der Waals surface area (Å²) in [7, 11) is 1.74. The molecule has 1 aliphatic carbocycles. The summed E-state index contributed by atoms with van der Waals surface area (Å²) in [6, 6.07) is 4.99. The van der Waals surface area contributed by atoms with E-state index in [-0.39, 0.29) is 0 Å². The predicted octanol–water partition coefficient (Wildman–Crippen LogP) is 2.30. The second kappa shape index (κ2) is 7.92. The summed E-state index contributed by atoms with van der Waals surface area (Å²) in [5.74, 6) is -0.284. The molecular weight excluding hydrogens is 310 g/mol. The molecule has 0 unspecified atom stereocenters. The van der Waals surface area contributed by atoms with Gasteiger partial charge >= 0.3 is 0 Å². The summed E-state index contributed by atoms with van der Waals surface area (Å²) >= 11 is 0. The van der Waals surface area contributed by atoms with Gasteiger partial charge in [0.05, 0.1) is 0 Å². The van der Waals surface area contributed by atoms with Crippen LogP contribution in [0.3, 0.4) is 0 Å². The lowest BCUT2D eigenvalue weighted by Crippen LogP contribution is -2.49. The minimum Gasteiger partial charge on any atom is -0.356 e. The molecular formula is C18H26F2N4. The van der Waals surface area contributed by atoms with Crippen LogP contribution in [0.1, 0.15) is 31.2 Å². The van der Waals surface area contributed by atoms with Crippen molar-refractivity contribution in [3.05, 3.63) is 35.4 Å². The molecule has 0 amide bonds. The molecule has 1 saturated heterocycles. The van der Waals surface area contributed by atoms with E-state index in [0.717, 1.165) is 44.0 Å². The number of guanidine groups is 1. The van der Waals surface area contributed by atoms with Gasteiger partial charge in [0, 0.05) is 44.8 Å². The van der Waals surface area contributed by atoms with Crippen LogP contribution in [0.25, 0.3) is 0 Å². The van der Waals surface area contributed by atoms with Crippen LogP contribution in [0, 0.1) is 11.6 Å². The average Bonchev–Trinajstić information content (AvgIpc) is 3.41. The fraction of sp³-hybridized carbons (Fsp3) is 0.611. The fourth-order valence-corrected chi connectivity index (χ4v) is 3.28. The number of piperidine rings is 1. The quantitative estimate of drug-likeness (QED) is 0.640. The first kappa shape index (κ1) is 17.1. The maximum atomic E-state index is 13.6. The van der Waals surface area contributed by atoms with Crippen LogP contribution < -0.4 is 10.6 Å². The molecule has 0 aromatic heterocycles. The molecule has 1 saturated carbocycles. The third kappa shape index (κ3) is 4.66. The Bertz CT molecular complexity index is 578. The monoisotopic (exact) mass is 336 g/mol. The third-order valence-electron chi connectivity index (χ3n) is 4.86. The van der Waals surface area contributed by atoms with Crippen molar-refractivity contribution in [2.45, 2.75) is 44.2 Å². The zero-order valence-corrected chi connectivity index (χ0v) is 14.2. The fourth-order valence-electron chi connectivity index (χ4n) is 3.28. The summed E-state index contributed by atoms with van der Waals surface area (Å²) in [4.78, 5) is 6.83. The Hall–Kier alpha value is -1.69. The van der Waals surface area contributed by atoms with Crippen molar-refractivity contribution in [3.8, 4) is 0 Å². The van der Waals surface area contributed by atoms with E-state index in [1.807, 2.05) is 0 Å². The van der Waals surface area contributed by atoms with Crippen molar-refractivity contribution in [2.75, 3.05) is 26.7 Å². The van der Waals surface area contributed by atoms with Crippen molar-refractivity contribution in [1.82, 2.24) is 15.5 Å². The van der Waals surface area contributed by atoms with Gasteiger partial charge in [-0.25, -0.2) is 8.78 Å². The van der Waals surface area contributed by atoms with Gasteiger partial charge in [-0.05, 0) is 43.7 Å². The van der Waals surface area contributed by atoms with Crippen LogP contribution in [0.4, 0.5) is 8.78 Å². The molecule has 2 N–H and O–H groups in total. The molecule has 6 heteroatoms. The lowest BCUT2D eigenvalue weighted by Gasteiger charge is -2.33. The highest BCUT2D eigenvalue weighted by Crippen LogP contribution is 2.29. The zero-order chi connectivity index (χ0) is 16.9. The average molecular weight is 336 g/mol. The van der Waals surface area contributed by atoms with Gasteiger partial charge in [0.2, 0.25) is 0 Å². The zero-order valence-electron chi connectivity index (χ0n) is 14.2. The molecule has 2 fully saturated rings. The number of hydrogen-bond donors (Lipinski definition) is 2. The van der Waals surface area contributed by atoms with E-state index < -0.39 is 11.6 Å². The van der Waals surface area contributed by atoms with Crippen molar-refractivity contribution in [2.24, 2.45) is 4.99 Å². The maximum Gasteiger partial charge on any atom is 0.191 e. The van der Waals surface area contributed by atoms with Gasteiger partial charge in [-0.3, -0.25) is 4.99 Å². The molecule has 0 radical (unpaired) electrons. The van der Waals surface area contributed by atoms with Gasteiger partial charge in [0.25, 0.3) is 0 Å². The standard InChI is InChI=1S/C18H26F2N4/c1-21-18(22-9-6-13-2-3-14(19)12-17(13)20)23-15-7-10-24(11-8-15)16-4-5-16/h2-3,12,15-16H,4-11H2,1H3,(H2,21,22,23). The molecule has 4 nitrogen and oxygen atoms in total. The number of rotatable bonds is 5. The molecule has 1 aliphatic heterocycles. The minimum atomic E-state index is -0.542. The lowest BCUT2D eigenvalue weighted by atomic mass is 10.1. The van der Waals surface area contributed by atoms with Crippen molar-refractivity contribution >= 4 is 5.96 Å². The van der Waals surface area contributed by atoms with Crippen LogP contribution >= 0.6 is 0 Å². The Morgan fingerprint density at radius 3 is 2.58 bits per heavy atom. The Morgan fingerprint density at radius 1 is 1.21 bits per heavy atom. The molecule has 0 bridgehead atoms. The summed E-state index contributed by atoms with van der Waals surface area (Å²) in [5.41, 5.74) is 0.511. The second-order valence-corrected chi connectivity index (χ2v) is 6.67. The third-order valence-corrected chi connectivity index (χ3v) is 4.86. The molecule has 2 aliphatic rings. The number of hydrogen-bond acceptors (Lipinski definition) is 2. The second-order valence-electron chi connectivity index (χ2n) is 6.67. The molecule has 0 spiro atoms. The van der Waals surface area contributed by atoms with Gasteiger partial charge in [-0.2, -0.15) is 0 Å². The van der Waals surface area contributed by atoms with Crippen LogP contribution in [0.2, 0.25) is 0 Å². The Balaban J connectivity index is 1.40. The first-order valence-corrected chi connectivity index (χ1v) is 8.81. The maximum absolute atomic E-state index is 13.6. The largest absolute Gasteiger partial charge is 0.356 e. The highest BCUT2D eigenvalue weighted by Gasteiger charge is 2.31. The van der Waals surface area contributed by atoms with E-state index in [0.29, 0.717) is 24.6 Å². The van der Waals surface area contributed by atoms with Crippen LogP contribution in [0.15, 0.2) is 23.2 Å². The summed E-state index contributed by atoms with van der Waals surface area (Å²) < 4.78 is 26.5. The molecule has 1 aromatic carbocycles. The van der Waals surface area contributed by atoms with Crippen LogP contribution in [0.5, 0.6) is 0 Å². The Morgan fingerprint density at radius 2 is 1.96 bits per heavy atom. The van der Waals surface area contributed by atoms with Gasteiger partial charge in [-0.1, -0.05) is 6.07 Å². The first-order valence-electron chi connectivity index (χ1n) is 8.81. The molecule has 1 heterocycles. The van der Waals surface area contributed by atoms with Crippen LogP contribution in [-0.4, -0.2) is 49.6 Å². The Kier molecular flexibility index (Phi) is 5.66. The predicted molar refractivity (Wildman–Crippen MR) is 92.2 cm³/mol. The first-order chi connectivity index (χ1) is 11.7. The number of nitrogens with zero attached hydrogens (tertiary/aromatic N) is 2. The molecule has 24 heavy (non-hydrogen) atoms. The Labute approximate surface area is 142 Å². The SMILES string of the molecule is CN=C(NCCc1ccc(F)cc1F)NC1CCN(C2CC2)CC1. The lowest BCUT2D eigenvalue weighted by molar-refractivity contribution is 0.197. The number of halogens is 2. The van der Waals surface area contributed by atoms with E-state index in [1.54, 1.807) is 7.05 Å². The molecule has 132 valence electrons. The smallest absolute Gasteiger partial charge is 0.191 e. The molecule has 3 rings (SSSR count). The van der Waals surface area contributed by atoms with Gasteiger partial charge in [-0.15, -0.1) is 0 Å². The summed E-state index contributed by atoms with van der Waals surface area (Å²) in [6.07, 6.45) is 5.48.